The molecule has 6 rings (SSSR count). The minimum atomic E-state index is 0.0764. The van der Waals surface area contributed by atoms with Gasteiger partial charge in [-0.05, 0) is 67.1 Å². The number of hydrogen-bond donors (Lipinski definition) is 3. The summed E-state index contributed by atoms with van der Waals surface area (Å²) in [6.07, 6.45) is 5.58. The summed E-state index contributed by atoms with van der Waals surface area (Å²) in [5, 5.41) is 13.2. The lowest BCUT2D eigenvalue weighted by atomic mass is 10.0. The molecule has 0 fully saturated rings. The van der Waals surface area contributed by atoms with Crippen LogP contribution in [-0.4, -0.2) is 37.5 Å². The SMILES string of the molecule is CCNCc1cncc(-c2ccc3[nH]nc(-c4cc5c(-c6ccc(C(C)=O)s6)ccnc5[nH]4)c3c2)c1. The molecule has 0 aliphatic rings. The number of aromatic nitrogens is 5. The lowest BCUT2D eigenvalue weighted by Gasteiger charge is -2.06. The molecule has 36 heavy (non-hydrogen) atoms. The van der Waals surface area contributed by atoms with Crippen LogP contribution in [0.15, 0.2) is 67.1 Å². The molecule has 1 aromatic carbocycles. The van der Waals surface area contributed by atoms with E-state index in [9.17, 15) is 4.79 Å². The highest BCUT2D eigenvalue weighted by molar-refractivity contribution is 7.17. The number of nitrogens with zero attached hydrogens (tertiary/aromatic N) is 3. The average Bonchev–Trinajstić information content (AvgIpc) is 3.64. The highest BCUT2D eigenvalue weighted by Gasteiger charge is 2.16. The van der Waals surface area contributed by atoms with Gasteiger partial charge in [0.2, 0.25) is 0 Å². The predicted molar refractivity (Wildman–Crippen MR) is 145 cm³/mol. The molecule has 0 amide bonds. The smallest absolute Gasteiger partial charge is 0.169 e. The summed E-state index contributed by atoms with van der Waals surface area (Å²) in [5.74, 6) is 0.0764. The summed E-state index contributed by atoms with van der Waals surface area (Å²) in [6.45, 7) is 5.40. The van der Waals surface area contributed by atoms with Crippen LogP contribution in [0.4, 0.5) is 0 Å². The van der Waals surface area contributed by atoms with E-state index in [4.69, 9.17) is 0 Å². The molecular weight excluding hydrogens is 468 g/mol. The summed E-state index contributed by atoms with van der Waals surface area (Å²) in [5.41, 5.74) is 7.82. The Hall–Kier alpha value is -4.14. The monoisotopic (exact) mass is 492 g/mol. The highest BCUT2D eigenvalue weighted by atomic mass is 32.1. The fourth-order valence-corrected chi connectivity index (χ4v) is 5.39. The minimum absolute atomic E-state index is 0.0764. The number of fused-ring (bicyclic) bond motifs is 2. The fraction of sp³-hybridized carbons (Fsp3) is 0.143. The van der Waals surface area contributed by atoms with Crippen LogP contribution in [0.1, 0.15) is 29.1 Å². The van der Waals surface area contributed by atoms with E-state index in [0.717, 1.165) is 78.4 Å². The highest BCUT2D eigenvalue weighted by Crippen LogP contribution is 2.37. The van der Waals surface area contributed by atoms with Crippen molar-refractivity contribution in [3.05, 3.63) is 77.6 Å². The maximum atomic E-state index is 11.8. The Morgan fingerprint density at radius 1 is 1.03 bits per heavy atom. The Labute approximate surface area is 211 Å². The molecule has 8 heteroatoms. The maximum absolute atomic E-state index is 11.8. The van der Waals surface area contributed by atoms with Crippen LogP contribution in [0.25, 0.3) is 54.9 Å². The van der Waals surface area contributed by atoms with Gasteiger partial charge in [0.1, 0.15) is 11.3 Å². The Kier molecular flexibility index (Phi) is 5.67. The minimum Gasteiger partial charge on any atom is -0.338 e. The van der Waals surface area contributed by atoms with Gasteiger partial charge in [-0.25, -0.2) is 4.98 Å². The van der Waals surface area contributed by atoms with Gasteiger partial charge in [-0.15, -0.1) is 11.3 Å². The summed E-state index contributed by atoms with van der Waals surface area (Å²) in [6, 6.07) is 16.4. The fourth-order valence-electron chi connectivity index (χ4n) is 4.45. The number of benzene rings is 1. The van der Waals surface area contributed by atoms with Gasteiger partial charge in [-0.2, -0.15) is 5.10 Å². The van der Waals surface area contributed by atoms with Crippen molar-refractivity contribution in [1.82, 2.24) is 30.5 Å². The molecule has 0 radical (unpaired) electrons. The van der Waals surface area contributed by atoms with E-state index < -0.39 is 0 Å². The standard InChI is InChI=1S/C28H24N6OS/c1-3-29-13-17-10-19(15-30-14-17)18-4-5-23-22(11-18)27(34-33-23)24-12-21-20(8-9-31-28(21)32-24)26-7-6-25(36-26)16(2)35/h4-12,14-15,29H,3,13H2,1-2H3,(H,31,32)(H,33,34). The molecule has 5 aromatic heterocycles. The molecular formula is C28H24N6OS. The topological polar surface area (TPSA) is 99.3 Å². The normalized spacial score (nSPS) is 11.5. The number of ketones is 1. The zero-order valence-corrected chi connectivity index (χ0v) is 20.7. The first kappa shape index (κ1) is 22.3. The maximum Gasteiger partial charge on any atom is 0.169 e. The van der Waals surface area contributed by atoms with Gasteiger partial charge in [0, 0.05) is 51.9 Å². The first-order valence-electron chi connectivity index (χ1n) is 11.8. The zero-order valence-electron chi connectivity index (χ0n) is 19.9. The van der Waals surface area contributed by atoms with Gasteiger partial charge in [0.05, 0.1) is 16.1 Å². The van der Waals surface area contributed by atoms with E-state index in [2.05, 4.69) is 67.7 Å². The van der Waals surface area contributed by atoms with Gasteiger partial charge in [0.15, 0.2) is 5.78 Å². The third-order valence-electron chi connectivity index (χ3n) is 6.28. The first-order chi connectivity index (χ1) is 17.6. The van der Waals surface area contributed by atoms with E-state index in [1.165, 1.54) is 11.3 Å². The van der Waals surface area contributed by atoms with E-state index in [0.29, 0.717) is 0 Å². The Balaban J connectivity index is 1.42. The molecule has 3 N–H and O–H groups in total. The largest absolute Gasteiger partial charge is 0.338 e. The summed E-state index contributed by atoms with van der Waals surface area (Å²) >= 11 is 1.50. The van der Waals surface area contributed by atoms with Crippen molar-refractivity contribution >= 4 is 39.1 Å². The van der Waals surface area contributed by atoms with Crippen molar-refractivity contribution in [2.45, 2.75) is 20.4 Å². The molecule has 0 atom stereocenters. The number of carbonyl (C=O) groups is 1. The van der Waals surface area contributed by atoms with E-state index >= 15 is 0 Å². The summed E-state index contributed by atoms with van der Waals surface area (Å²) < 4.78 is 0. The molecule has 0 saturated heterocycles. The van der Waals surface area contributed by atoms with Gasteiger partial charge in [0.25, 0.3) is 0 Å². The first-order valence-corrected chi connectivity index (χ1v) is 12.6. The van der Waals surface area contributed by atoms with Crippen LogP contribution in [0.2, 0.25) is 0 Å². The second-order valence-electron chi connectivity index (χ2n) is 8.72. The van der Waals surface area contributed by atoms with Crippen molar-refractivity contribution in [2.75, 3.05) is 6.54 Å². The van der Waals surface area contributed by atoms with Crippen LogP contribution in [0.3, 0.4) is 0 Å². The number of nitrogens with one attached hydrogen (secondary N) is 3. The number of H-pyrrole nitrogens is 2. The molecule has 5 heterocycles. The molecule has 0 saturated carbocycles. The summed E-state index contributed by atoms with van der Waals surface area (Å²) in [4.78, 5) is 26.0. The van der Waals surface area contributed by atoms with Crippen molar-refractivity contribution < 1.29 is 4.79 Å². The number of thiophene rings is 1. The van der Waals surface area contributed by atoms with Crippen LogP contribution >= 0.6 is 11.3 Å². The van der Waals surface area contributed by atoms with E-state index in [-0.39, 0.29) is 5.78 Å². The van der Waals surface area contributed by atoms with Crippen LogP contribution < -0.4 is 5.32 Å². The average molecular weight is 493 g/mol. The van der Waals surface area contributed by atoms with Crippen LogP contribution in [0, 0.1) is 0 Å². The molecule has 178 valence electrons. The third-order valence-corrected chi connectivity index (χ3v) is 7.49. The molecule has 0 aliphatic carbocycles. The molecule has 0 bridgehead atoms. The molecule has 0 aliphatic heterocycles. The molecule has 6 aromatic rings. The number of Topliss-reactive ketones (excluding diaryl/α,β-unsaturated/α-hetero) is 1. The predicted octanol–water partition coefficient (Wildman–Crippen LogP) is 6.21. The van der Waals surface area contributed by atoms with E-state index in [1.807, 2.05) is 30.6 Å². The molecule has 7 nitrogen and oxygen atoms in total. The zero-order chi connectivity index (χ0) is 24.6. The number of rotatable bonds is 7. The van der Waals surface area contributed by atoms with Crippen molar-refractivity contribution in [1.29, 1.82) is 0 Å². The molecule has 0 spiro atoms. The summed E-state index contributed by atoms with van der Waals surface area (Å²) in [7, 11) is 0. The second kappa shape index (κ2) is 9.14. The quantitative estimate of drug-likeness (QED) is 0.230. The van der Waals surface area contributed by atoms with Gasteiger partial charge >= 0.3 is 0 Å². The lowest BCUT2D eigenvalue weighted by Crippen LogP contribution is -2.11. The van der Waals surface area contributed by atoms with Crippen molar-refractivity contribution in [3.63, 3.8) is 0 Å². The number of hydrogen-bond acceptors (Lipinski definition) is 6. The Morgan fingerprint density at radius 3 is 2.78 bits per heavy atom. The van der Waals surface area contributed by atoms with Crippen LogP contribution in [-0.2, 0) is 6.54 Å². The van der Waals surface area contributed by atoms with Gasteiger partial charge in [-0.3, -0.25) is 14.9 Å². The van der Waals surface area contributed by atoms with E-state index in [1.54, 1.807) is 13.1 Å². The Bertz CT molecular complexity index is 1730. The van der Waals surface area contributed by atoms with Gasteiger partial charge in [-0.1, -0.05) is 13.0 Å². The van der Waals surface area contributed by atoms with Crippen molar-refractivity contribution in [2.24, 2.45) is 0 Å². The second-order valence-corrected chi connectivity index (χ2v) is 9.80. The van der Waals surface area contributed by atoms with Crippen molar-refractivity contribution in [3.8, 4) is 33.0 Å². The number of carbonyl (C=O) groups excluding carboxylic acids is 1. The number of pyridine rings is 2. The molecule has 0 unspecified atom stereocenters. The number of aromatic amines is 2. The third kappa shape index (κ3) is 4.00. The Morgan fingerprint density at radius 2 is 1.94 bits per heavy atom. The lowest BCUT2D eigenvalue weighted by molar-refractivity contribution is 0.102. The van der Waals surface area contributed by atoms with Gasteiger partial charge < -0.3 is 10.3 Å². The van der Waals surface area contributed by atoms with Crippen LogP contribution in [0.5, 0.6) is 0 Å².